The Kier molecular flexibility index (Phi) is 8.26. The van der Waals surface area contributed by atoms with Gasteiger partial charge in [0.15, 0.2) is 6.23 Å². The highest BCUT2D eigenvalue weighted by Crippen LogP contribution is 2.33. The van der Waals surface area contributed by atoms with Crippen LogP contribution in [0.15, 0.2) is 54.6 Å². The molecule has 176 valence electrons. The Labute approximate surface area is 192 Å². The van der Waals surface area contributed by atoms with Crippen LogP contribution in [0.2, 0.25) is 0 Å². The molecule has 2 aromatic carbocycles. The number of anilines is 1. The van der Waals surface area contributed by atoms with E-state index in [9.17, 15) is 19.6 Å². The zero-order chi connectivity index (χ0) is 23.8. The zero-order valence-electron chi connectivity index (χ0n) is 18.7. The molecule has 2 aromatic rings. The van der Waals surface area contributed by atoms with Gasteiger partial charge in [-0.1, -0.05) is 37.3 Å². The molecule has 0 spiro atoms. The van der Waals surface area contributed by atoms with Gasteiger partial charge in [0.25, 0.3) is 0 Å². The summed E-state index contributed by atoms with van der Waals surface area (Å²) >= 11 is 0. The number of para-hydroxylation sites is 1. The predicted octanol–water partition coefficient (Wildman–Crippen LogP) is 3.51. The quantitative estimate of drug-likeness (QED) is 0.414. The van der Waals surface area contributed by atoms with Crippen LogP contribution in [0.1, 0.15) is 37.7 Å². The van der Waals surface area contributed by atoms with Crippen molar-refractivity contribution >= 4 is 23.6 Å². The highest BCUT2D eigenvalue weighted by Gasteiger charge is 2.41. The molecular weight excluding hydrogens is 426 g/mol. The van der Waals surface area contributed by atoms with Crippen LogP contribution in [-0.4, -0.2) is 47.9 Å². The summed E-state index contributed by atoms with van der Waals surface area (Å²) < 4.78 is 10.8. The Balaban J connectivity index is 1.82. The molecule has 3 N–H and O–H groups in total. The topological polar surface area (TPSA) is 117 Å². The van der Waals surface area contributed by atoms with Gasteiger partial charge in [0, 0.05) is 18.7 Å². The lowest BCUT2D eigenvalue weighted by Gasteiger charge is -2.31. The third kappa shape index (κ3) is 5.81. The number of carbonyl (C=O) groups is 3. The fourth-order valence-electron chi connectivity index (χ4n) is 4.10. The van der Waals surface area contributed by atoms with E-state index >= 15 is 0 Å². The van der Waals surface area contributed by atoms with Crippen LogP contribution >= 0.6 is 0 Å². The number of amides is 3. The molecule has 1 aliphatic rings. The summed E-state index contributed by atoms with van der Waals surface area (Å²) in [5, 5.41) is 11.9. The Morgan fingerprint density at radius 2 is 1.82 bits per heavy atom. The number of nitrogens with zero attached hydrogens (tertiary/aromatic N) is 1. The van der Waals surface area contributed by atoms with E-state index in [2.05, 4.69) is 5.32 Å². The van der Waals surface area contributed by atoms with Crippen molar-refractivity contribution in [3.63, 3.8) is 0 Å². The van der Waals surface area contributed by atoms with Gasteiger partial charge >= 0.3 is 6.09 Å². The fraction of sp³-hybridized carbons (Fsp3) is 0.375. The van der Waals surface area contributed by atoms with Crippen molar-refractivity contribution in [2.75, 3.05) is 19.0 Å². The largest absolute Gasteiger partial charge is 0.497 e. The molecule has 1 aliphatic heterocycles. The first-order valence-corrected chi connectivity index (χ1v) is 10.9. The van der Waals surface area contributed by atoms with Gasteiger partial charge in [-0.2, -0.15) is 0 Å². The van der Waals surface area contributed by atoms with Crippen LogP contribution in [0.4, 0.5) is 10.5 Å². The molecule has 3 rings (SSSR count). The molecule has 9 heteroatoms. The van der Waals surface area contributed by atoms with Crippen LogP contribution in [0.25, 0.3) is 0 Å². The second-order valence-electron chi connectivity index (χ2n) is 7.77. The van der Waals surface area contributed by atoms with E-state index in [-0.39, 0.29) is 5.91 Å². The summed E-state index contributed by atoms with van der Waals surface area (Å²) in [5.74, 6) is -2.05. The number of nitrogens with one attached hydrogen (secondary N) is 2. The SMILES string of the molecule is CC[C@H](C(=O)NO)[C@H](C(=O)N1CCC[C@@H]1OC(=O)Nc1ccccc1)c1ccc(OC)cc1. The number of methoxy groups -OCH3 is 1. The molecule has 1 heterocycles. The number of benzene rings is 2. The number of hydrogen-bond donors (Lipinski definition) is 3. The summed E-state index contributed by atoms with van der Waals surface area (Å²) in [5.41, 5.74) is 2.87. The first-order valence-electron chi connectivity index (χ1n) is 10.9. The Hall–Kier alpha value is -3.59. The molecule has 0 aliphatic carbocycles. The molecule has 1 saturated heterocycles. The van der Waals surface area contributed by atoms with Crippen LogP contribution in [0.3, 0.4) is 0 Å². The first-order chi connectivity index (χ1) is 16.0. The van der Waals surface area contributed by atoms with Crippen LogP contribution in [0.5, 0.6) is 5.75 Å². The maximum Gasteiger partial charge on any atom is 0.413 e. The van der Waals surface area contributed by atoms with E-state index in [4.69, 9.17) is 9.47 Å². The van der Waals surface area contributed by atoms with Crippen molar-refractivity contribution in [1.82, 2.24) is 10.4 Å². The first kappa shape index (κ1) is 24.1. The van der Waals surface area contributed by atoms with E-state index in [1.807, 2.05) is 6.07 Å². The lowest BCUT2D eigenvalue weighted by atomic mass is 9.82. The van der Waals surface area contributed by atoms with E-state index in [1.165, 1.54) is 4.90 Å². The van der Waals surface area contributed by atoms with Crippen molar-refractivity contribution in [3.05, 3.63) is 60.2 Å². The van der Waals surface area contributed by atoms with Crippen LogP contribution < -0.4 is 15.5 Å². The molecule has 3 amide bonds. The van der Waals surface area contributed by atoms with E-state index < -0.39 is 30.1 Å². The molecule has 0 bridgehead atoms. The monoisotopic (exact) mass is 455 g/mol. The molecule has 0 unspecified atom stereocenters. The van der Waals surface area contributed by atoms with Gasteiger partial charge in [-0.25, -0.2) is 10.3 Å². The van der Waals surface area contributed by atoms with Gasteiger partial charge < -0.3 is 14.4 Å². The van der Waals surface area contributed by atoms with Gasteiger partial charge in [-0.15, -0.1) is 0 Å². The van der Waals surface area contributed by atoms with Gasteiger partial charge in [0.2, 0.25) is 11.8 Å². The number of ether oxygens (including phenoxy) is 2. The maximum absolute atomic E-state index is 13.7. The van der Waals surface area contributed by atoms with Gasteiger partial charge in [-0.05, 0) is 42.7 Å². The van der Waals surface area contributed by atoms with Crippen molar-refractivity contribution in [1.29, 1.82) is 0 Å². The van der Waals surface area contributed by atoms with Crippen molar-refractivity contribution in [2.24, 2.45) is 5.92 Å². The second kappa shape index (κ2) is 11.3. The van der Waals surface area contributed by atoms with Crippen LogP contribution in [-0.2, 0) is 14.3 Å². The lowest BCUT2D eigenvalue weighted by molar-refractivity contribution is -0.146. The van der Waals surface area contributed by atoms with Gasteiger partial charge in [0.1, 0.15) is 5.75 Å². The van der Waals surface area contributed by atoms with Crippen LogP contribution in [0, 0.1) is 5.92 Å². The molecule has 3 atom stereocenters. The van der Waals surface area contributed by atoms with Crippen molar-refractivity contribution < 1.29 is 29.1 Å². The lowest BCUT2D eigenvalue weighted by Crippen LogP contribution is -2.45. The minimum atomic E-state index is -0.866. The minimum Gasteiger partial charge on any atom is -0.497 e. The number of carbonyl (C=O) groups excluding carboxylic acids is 3. The number of hydrogen-bond acceptors (Lipinski definition) is 6. The molecule has 0 saturated carbocycles. The van der Waals surface area contributed by atoms with E-state index in [0.717, 1.165) is 0 Å². The average molecular weight is 456 g/mol. The third-order valence-corrected chi connectivity index (χ3v) is 5.77. The highest BCUT2D eigenvalue weighted by atomic mass is 16.6. The number of hydroxylamine groups is 1. The number of likely N-dealkylation sites (tertiary alicyclic amines) is 1. The normalized spacial score (nSPS) is 17.1. The standard InChI is InChI=1S/C24H29N3O6/c1-3-19(22(28)26-31)21(16-11-13-18(32-2)14-12-16)23(29)27-15-7-10-20(27)33-24(30)25-17-8-5-4-6-9-17/h4-6,8-9,11-14,19-21,31H,3,7,10,15H2,1-2H3,(H,25,30)(H,26,28)/t19-,20-,21+/m0/s1. The van der Waals surface area contributed by atoms with E-state index in [0.29, 0.717) is 42.8 Å². The predicted molar refractivity (Wildman–Crippen MR) is 121 cm³/mol. The summed E-state index contributed by atoms with van der Waals surface area (Å²) in [7, 11) is 1.54. The molecule has 0 aromatic heterocycles. The van der Waals surface area contributed by atoms with Gasteiger partial charge in [-0.3, -0.25) is 20.1 Å². The second-order valence-corrected chi connectivity index (χ2v) is 7.77. The summed E-state index contributed by atoms with van der Waals surface area (Å²) in [6.07, 6.45) is 0.0613. The summed E-state index contributed by atoms with van der Waals surface area (Å²) in [4.78, 5) is 40.0. The third-order valence-electron chi connectivity index (χ3n) is 5.77. The smallest absolute Gasteiger partial charge is 0.413 e. The van der Waals surface area contributed by atoms with Crippen molar-refractivity contribution in [2.45, 2.75) is 38.3 Å². The fourth-order valence-corrected chi connectivity index (χ4v) is 4.10. The molecular formula is C24H29N3O6. The van der Waals surface area contributed by atoms with Crippen molar-refractivity contribution in [3.8, 4) is 5.75 Å². The zero-order valence-corrected chi connectivity index (χ0v) is 18.7. The Bertz CT molecular complexity index is 950. The number of rotatable bonds is 8. The molecule has 33 heavy (non-hydrogen) atoms. The minimum absolute atomic E-state index is 0.322. The Morgan fingerprint density at radius 1 is 1.12 bits per heavy atom. The van der Waals surface area contributed by atoms with E-state index in [1.54, 1.807) is 68.0 Å². The summed E-state index contributed by atoms with van der Waals surface area (Å²) in [6, 6.07) is 15.8. The Morgan fingerprint density at radius 3 is 2.42 bits per heavy atom. The highest BCUT2D eigenvalue weighted by molar-refractivity contribution is 5.91. The molecule has 1 fully saturated rings. The molecule has 9 nitrogen and oxygen atoms in total. The average Bonchev–Trinajstić information content (AvgIpc) is 3.30. The maximum atomic E-state index is 13.7. The molecule has 0 radical (unpaired) electrons. The summed E-state index contributed by atoms with van der Waals surface area (Å²) in [6.45, 7) is 2.17. The van der Waals surface area contributed by atoms with Gasteiger partial charge in [0.05, 0.1) is 18.9 Å².